The summed E-state index contributed by atoms with van der Waals surface area (Å²) in [5.41, 5.74) is 2.65. The van der Waals surface area contributed by atoms with Crippen LogP contribution in [0.25, 0.3) is 0 Å². The van der Waals surface area contributed by atoms with Crippen molar-refractivity contribution in [2.24, 2.45) is 0 Å². The zero-order valence-corrected chi connectivity index (χ0v) is 10.9. The fraction of sp³-hybridized carbons (Fsp3) is 0.571. The van der Waals surface area contributed by atoms with Crippen molar-refractivity contribution < 1.29 is 4.74 Å². The molecule has 2 unspecified atom stereocenters. The van der Waals surface area contributed by atoms with E-state index in [9.17, 15) is 0 Å². The first-order valence-electron chi connectivity index (χ1n) is 6.25. The Hall–Kier alpha value is -0.900. The Morgan fingerprint density at radius 2 is 2.06 bits per heavy atom. The Balaban J connectivity index is 2.21. The number of likely N-dealkylation sites (N-methyl/N-ethyl adjacent to an activating group) is 2. The van der Waals surface area contributed by atoms with E-state index < -0.39 is 0 Å². The summed E-state index contributed by atoms with van der Waals surface area (Å²) >= 11 is 0. The van der Waals surface area contributed by atoms with Crippen LogP contribution >= 0.6 is 0 Å². The number of hydrogen-bond acceptors (Lipinski definition) is 3. The summed E-state index contributed by atoms with van der Waals surface area (Å²) < 4.78 is 5.88. The van der Waals surface area contributed by atoms with Crippen molar-refractivity contribution in [3.8, 4) is 0 Å². The molecule has 1 saturated heterocycles. The largest absolute Gasteiger partial charge is 0.374 e. The smallest absolute Gasteiger partial charge is 0.0896 e. The lowest BCUT2D eigenvalue weighted by atomic mass is 9.97. The summed E-state index contributed by atoms with van der Waals surface area (Å²) in [6.07, 6.45) is 0.237. The van der Waals surface area contributed by atoms with E-state index in [1.165, 1.54) is 11.1 Å². The number of nitrogens with zero attached hydrogens (tertiary/aromatic N) is 1. The standard InChI is InChI=1S/C14H22N2O/c1-11-4-6-12(7-5-11)14-13(10-15-2)17-9-8-16(14)3/h4-7,13-15H,8-10H2,1-3H3. The molecule has 94 valence electrons. The van der Waals surface area contributed by atoms with Crippen LogP contribution in [0, 0.1) is 6.92 Å². The quantitative estimate of drug-likeness (QED) is 0.859. The molecule has 17 heavy (non-hydrogen) atoms. The zero-order chi connectivity index (χ0) is 12.3. The van der Waals surface area contributed by atoms with Gasteiger partial charge in [-0.15, -0.1) is 0 Å². The van der Waals surface area contributed by atoms with Gasteiger partial charge in [0, 0.05) is 13.1 Å². The molecule has 2 atom stereocenters. The predicted octanol–water partition coefficient (Wildman–Crippen LogP) is 1.59. The molecular weight excluding hydrogens is 212 g/mol. The second-order valence-corrected chi connectivity index (χ2v) is 4.80. The Morgan fingerprint density at radius 1 is 1.35 bits per heavy atom. The van der Waals surface area contributed by atoms with E-state index in [4.69, 9.17) is 4.74 Å². The van der Waals surface area contributed by atoms with E-state index in [1.807, 2.05) is 7.05 Å². The van der Waals surface area contributed by atoms with E-state index in [0.717, 1.165) is 19.7 Å². The maximum atomic E-state index is 5.88. The lowest BCUT2D eigenvalue weighted by molar-refractivity contribution is -0.0606. The highest BCUT2D eigenvalue weighted by molar-refractivity contribution is 5.25. The minimum Gasteiger partial charge on any atom is -0.374 e. The molecule has 0 aliphatic carbocycles. The zero-order valence-electron chi connectivity index (χ0n) is 10.9. The van der Waals surface area contributed by atoms with Crippen molar-refractivity contribution in [2.45, 2.75) is 19.1 Å². The van der Waals surface area contributed by atoms with Crippen LogP contribution in [0.15, 0.2) is 24.3 Å². The summed E-state index contributed by atoms with van der Waals surface area (Å²) in [6.45, 7) is 4.84. The van der Waals surface area contributed by atoms with Gasteiger partial charge in [0.1, 0.15) is 0 Å². The van der Waals surface area contributed by atoms with Gasteiger partial charge in [0.05, 0.1) is 18.8 Å². The third kappa shape index (κ3) is 2.86. The second-order valence-electron chi connectivity index (χ2n) is 4.80. The van der Waals surface area contributed by atoms with Crippen molar-refractivity contribution in [1.29, 1.82) is 0 Å². The summed E-state index contributed by atoms with van der Waals surface area (Å²) in [5, 5.41) is 3.22. The summed E-state index contributed by atoms with van der Waals surface area (Å²) in [7, 11) is 4.15. The summed E-state index contributed by atoms with van der Waals surface area (Å²) in [6, 6.07) is 9.14. The number of benzene rings is 1. The van der Waals surface area contributed by atoms with Crippen molar-refractivity contribution in [2.75, 3.05) is 33.8 Å². The van der Waals surface area contributed by atoms with Crippen LogP contribution in [0.2, 0.25) is 0 Å². The monoisotopic (exact) mass is 234 g/mol. The number of nitrogens with one attached hydrogen (secondary N) is 1. The molecule has 3 heteroatoms. The van der Waals surface area contributed by atoms with E-state index >= 15 is 0 Å². The molecule has 0 spiro atoms. The van der Waals surface area contributed by atoms with Crippen LogP contribution in [0.5, 0.6) is 0 Å². The minimum absolute atomic E-state index is 0.237. The first-order chi connectivity index (χ1) is 8.22. The van der Waals surface area contributed by atoms with Gasteiger partial charge in [-0.2, -0.15) is 0 Å². The first kappa shape index (κ1) is 12.6. The Kier molecular flexibility index (Phi) is 4.15. The molecule has 0 saturated carbocycles. The summed E-state index contributed by atoms with van der Waals surface area (Å²) in [5.74, 6) is 0. The van der Waals surface area contributed by atoms with E-state index in [1.54, 1.807) is 0 Å². The van der Waals surface area contributed by atoms with Gasteiger partial charge in [0.2, 0.25) is 0 Å². The van der Waals surface area contributed by atoms with Gasteiger partial charge in [-0.25, -0.2) is 0 Å². The normalized spacial score (nSPS) is 26.1. The molecule has 1 aromatic rings. The number of ether oxygens (including phenoxy) is 1. The molecule has 0 amide bonds. The van der Waals surface area contributed by atoms with Crippen molar-refractivity contribution >= 4 is 0 Å². The number of hydrogen-bond donors (Lipinski definition) is 1. The lowest BCUT2D eigenvalue weighted by Crippen LogP contribution is -2.46. The highest BCUT2D eigenvalue weighted by Gasteiger charge is 2.30. The molecule has 3 nitrogen and oxygen atoms in total. The van der Waals surface area contributed by atoms with Crippen LogP contribution < -0.4 is 5.32 Å². The molecule has 0 aromatic heterocycles. The maximum Gasteiger partial charge on any atom is 0.0896 e. The predicted molar refractivity (Wildman–Crippen MR) is 70.2 cm³/mol. The Bertz CT molecular complexity index is 348. The highest BCUT2D eigenvalue weighted by atomic mass is 16.5. The topological polar surface area (TPSA) is 24.5 Å². The molecule has 1 aromatic carbocycles. The first-order valence-corrected chi connectivity index (χ1v) is 6.25. The SMILES string of the molecule is CNCC1OCCN(C)C1c1ccc(C)cc1. The van der Waals surface area contributed by atoms with Gasteiger partial charge in [0.25, 0.3) is 0 Å². The van der Waals surface area contributed by atoms with E-state index in [2.05, 4.69) is 48.5 Å². The van der Waals surface area contributed by atoms with Gasteiger partial charge in [0.15, 0.2) is 0 Å². The average Bonchev–Trinajstić information content (AvgIpc) is 2.32. The van der Waals surface area contributed by atoms with Gasteiger partial charge in [-0.3, -0.25) is 4.90 Å². The van der Waals surface area contributed by atoms with Gasteiger partial charge in [-0.05, 0) is 26.6 Å². The lowest BCUT2D eigenvalue weighted by Gasteiger charge is -2.39. The molecule has 0 bridgehead atoms. The van der Waals surface area contributed by atoms with Gasteiger partial charge < -0.3 is 10.1 Å². The third-order valence-electron chi connectivity index (χ3n) is 3.43. The highest BCUT2D eigenvalue weighted by Crippen LogP contribution is 2.28. The van der Waals surface area contributed by atoms with Crippen LogP contribution in [-0.2, 0) is 4.74 Å². The van der Waals surface area contributed by atoms with E-state index in [0.29, 0.717) is 6.04 Å². The number of rotatable bonds is 3. The Labute approximate surface area is 104 Å². The fourth-order valence-corrected chi connectivity index (χ4v) is 2.47. The van der Waals surface area contributed by atoms with Crippen LogP contribution in [0.1, 0.15) is 17.2 Å². The molecule has 1 aliphatic rings. The molecule has 1 aliphatic heterocycles. The van der Waals surface area contributed by atoms with Crippen molar-refractivity contribution in [1.82, 2.24) is 10.2 Å². The van der Waals surface area contributed by atoms with Gasteiger partial charge in [-0.1, -0.05) is 29.8 Å². The molecule has 1 N–H and O–H groups in total. The molecule has 2 rings (SSSR count). The van der Waals surface area contributed by atoms with Crippen LogP contribution in [0.3, 0.4) is 0 Å². The van der Waals surface area contributed by atoms with Crippen molar-refractivity contribution in [3.05, 3.63) is 35.4 Å². The number of aryl methyl sites for hydroxylation is 1. The average molecular weight is 234 g/mol. The number of morpholine rings is 1. The second kappa shape index (κ2) is 5.63. The van der Waals surface area contributed by atoms with Gasteiger partial charge >= 0.3 is 0 Å². The third-order valence-corrected chi connectivity index (χ3v) is 3.43. The van der Waals surface area contributed by atoms with E-state index in [-0.39, 0.29) is 6.10 Å². The van der Waals surface area contributed by atoms with Crippen molar-refractivity contribution in [3.63, 3.8) is 0 Å². The molecule has 1 fully saturated rings. The maximum absolute atomic E-state index is 5.88. The fourth-order valence-electron chi connectivity index (χ4n) is 2.47. The molecular formula is C14H22N2O. The molecule has 1 heterocycles. The van der Waals surface area contributed by atoms with Crippen LogP contribution in [0.4, 0.5) is 0 Å². The molecule has 0 radical (unpaired) electrons. The minimum atomic E-state index is 0.237. The Morgan fingerprint density at radius 3 is 2.71 bits per heavy atom. The summed E-state index contributed by atoms with van der Waals surface area (Å²) in [4.78, 5) is 2.39. The van der Waals surface area contributed by atoms with Crippen LogP contribution in [-0.4, -0.2) is 44.8 Å².